The van der Waals surface area contributed by atoms with Gasteiger partial charge in [-0.2, -0.15) is 0 Å². The Labute approximate surface area is 197 Å². The lowest BCUT2D eigenvalue weighted by Gasteiger charge is -2.36. The van der Waals surface area contributed by atoms with Gasteiger partial charge in [-0.05, 0) is 18.3 Å². The van der Waals surface area contributed by atoms with E-state index >= 15 is 0 Å². The zero-order valence-electron chi connectivity index (χ0n) is 20.9. The first-order valence-electron chi connectivity index (χ1n) is 11.7. The van der Waals surface area contributed by atoms with Gasteiger partial charge in [0.1, 0.15) is 17.8 Å². The Morgan fingerprint density at radius 1 is 1.16 bits per heavy atom. The van der Waals surface area contributed by atoms with E-state index in [4.69, 9.17) is 14.2 Å². The minimum Gasteiger partial charge on any atom is -0.464 e. The molecular weight excluding hydrogens is 428 g/mol. The van der Waals surface area contributed by atoms with Gasteiger partial charge in [-0.1, -0.05) is 53.9 Å². The second kappa shape index (κ2) is 15.3. The van der Waals surface area contributed by atoms with Crippen molar-refractivity contribution in [2.45, 2.75) is 85.3 Å². The third-order valence-electron chi connectivity index (χ3n) is 5.76. The van der Waals surface area contributed by atoms with E-state index in [1.165, 1.54) is 18.4 Å². The Hall–Kier alpha value is -1.51. The van der Waals surface area contributed by atoms with Crippen LogP contribution in [0.5, 0.6) is 0 Å². The van der Waals surface area contributed by atoms with E-state index in [0.29, 0.717) is 30.4 Å². The van der Waals surface area contributed by atoms with Crippen LogP contribution in [0.1, 0.15) is 94.7 Å². The number of esters is 1. The highest BCUT2D eigenvalue weighted by molar-refractivity contribution is 7.09. The maximum atomic E-state index is 13.2. The molecule has 0 aromatic carbocycles. The van der Waals surface area contributed by atoms with Crippen LogP contribution in [0.25, 0.3) is 0 Å². The van der Waals surface area contributed by atoms with E-state index in [-0.39, 0.29) is 36.4 Å². The van der Waals surface area contributed by atoms with Gasteiger partial charge in [0.2, 0.25) is 5.91 Å². The average Bonchev–Trinajstić information content (AvgIpc) is 3.26. The first-order chi connectivity index (χ1) is 15.3. The summed E-state index contributed by atoms with van der Waals surface area (Å²) in [7, 11) is 2.97. The number of carbonyl (C=O) groups is 2. The van der Waals surface area contributed by atoms with Gasteiger partial charge in [-0.3, -0.25) is 4.79 Å². The number of carbonyl (C=O) groups excluding carboxylic acids is 2. The number of hydrogen-bond donors (Lipinski definition) is 0. The summed E-state index contributed by atoms with van der Waals surface area (Å²) in [4.78, 5) is 31.3. The van der Waals surface area contributed by atoms with Gasteiger partial charge in [0.25, 0.3) is 0 Å². The molecule has 1 aromatic rings. The van der Waals surface area contributed by atoms with Gasteiger partial charge in [0, 0.05) is 38.0 Å². The molecule has 8 heteroatoms. The number of thiazole rings is 1. The zero-order chi connectivity index (χ0) is 24.1. The summed E-state index contributed by atoms with van der Waals surface area (Å²) in [5.41, 5.74) is 0.277. The summed E-state index contributed by atoms with van der Waals surface area (Å²) in [6.45, 7) is 11.5. The van der Waals surface area contributed by atoms with Crippen molar-refractivity contribution < 1.29 is 23.8 Å². The lowest BCUT2D eigenvalue weighted by atomic mass is 9.95. The van der Waals surface area contributed by atoms with Gasteiger partial charge >= 0.3 is 5.97 Å². The van der Waals surface area contributed by atoms with Crippen molar-refractivity contribution >= 4 is 23.2 Å². The predicted octanol–water partition coefficient (Wildman–Crippen LogP) is 5.46. The van der Waals surface area contributed by atoms with E-state index in [9.17, 15) is 9.59 Å². The van der Waals surface area contributed by atoms with Crippen LogP contribution < -0.4 is 0 Å². The van der Waals surface area contributed by atoms with Gasteiger partial charge in [-0.15, -0.1) is 11.3 Å². The molecule has 1 rings (SSSR count). The maximum Gasteiger partial charge on any atom is 0.357 e. The van der Waals surface area contributed by atoms with Crippen LogP contribution >= 0.6 is 11.3 Å². The lowest BCUT2D eigenvalue weighted by Crippen LogP contribution is -2.46. The Kier molecular flexibility index (Phi) is 13.7. The molecule has 0 saturated carbocycles. The minimum atomic E-state index is -0.464. The molecule has 0 N–H and O–H groups in total. The summed E-state index contributed by atoms with van der Waals surface area (Å²) in [6, 6.07) is -0.0758. The molecule has 0 spiro atoms. The van der Waals surface area contributed by atoms with Crippen molar-refractivity contribution in [3.63, 3.8) is 0 Å². The van der Waals surface area contributed by atoms with Crippen LogP contribution in [0, 0.1) is 11.8 Å². The highest BCUT2D eigenvalue weighted by atomic mass is 32.1. The number of nitrogens with zero attached hydrogens (tertiary/aromatic N) is 2. The van der Waals surface area contributed by atoms with E-state index in [1.807, 2.05) is 4.90 Å². The highest BCUT2D eigenvalue weighted by Crippen LogP contribution is 2.30. The first kappa shape index (κ1) is 28.5. The zero-order valence-corrected chi connectivity index (χ0v) is 21.7. The Morgan fingerprint density at radius 3 is 2.44 bits per heavy atom. The molecule has 0 fully saturated rings. The first-order valence-corrected chi connectivity index (χ1v) is 12.6. The third kappa shape index (κ3) is 9.16. The molecule has 0 aliphatic heterocycles. The van der Waals surface area contributed by atoms with Crippen molar-refractivity contribution in [2.75, 3.05) is 27.6 Å². The van der Waals surface area contributed by atoms with E-state index in [2.05, 4.69) is 39.6 Å². The number of ether oxygens (including phenoxy) is 3. The highest BCUT2D eigenvalue weighted by Gasteiger charge is 2.31. The van der Waals surface area contributed by atoms with Crippen LogP contribution in [-0.2, 0) is 19.0 Å². The van der Waals surface area contributed by atoms with Crippen molar-refractivity contribution in [1.82, 2.24) is 9.88 Å². The van der Waals surface area contributed by atoms with Crippen molar-refractivity contribution in [1.29, 1.82) is 0 Å². The molecule has 184 valence electrons. The number of rotatable bonds is 16. The summed E-state index contributed by atoms with van der Waals surface area (Å²) < 4.78 is 16.4. The fraction of sp³-hybridized carbons (Fsp3) is 0.792. The molecule has 0 aliphatic carbocycles. The molecule has 1 amide bonds. The molecule has 1 heterocycles. The number of amides is 1. The van der Waals surface area contributed by atoms with E-state index in [0.717, 1.165) is 25.7 Å². The van der Waals surface area contributed by atoms with Crippen molar-refractivity contribution in [3.05, 3.63) is 16.1 Å². The van der Waals surface area contributed by atoms with Crippen LogP contribution in [0.15, 0.2) is 5.38 Å². The van der Waals surface area contributed by atoms with E-state index < -0.39 is 5.97 Å². The van der Waals surface area contributed by atoms with Crippen LogP contribution in [0.2, 0.25) is 0 Å². The molecular formula is C24H42N2O5S. The van der Waals surface area contributed by atoms with Gasteiger partial charge in [-0.25, -0.2) is 9.78 Å². The van der Waals surface area contributed by atoms with Crippen LogP contribution in [0.4, 0.5) is 0 Å². The van der Waals surface area contributed by atoms with Crippen LogP contribution in [0.3, 0.4) is 0 Å². The second-order valence-electron chi connectivity index (χ2n) is 8.66. The molecule has 0 bridgehead atoms. The molecule has 0 saturated heterocycles. The monoisotopic (exact) mass is 470 g/mol. The SMILES string of the molecule is CCCCCOCN(C(=O)C[C@@H](C)CC)C(CC(OC)c1nc(C(=O)OC)cs1)C(C)C. The van der Waals surface area contributed by atoms with Crippen LogP contribution in [-0.4, -0.2) is 55.4 Å². The number of methoxy groups -OCH3 is 2. The van der Waals surface area contributed by atoms with Crippen molar-refractivity contribution in [2.24, 2.45) is 11.8 Å². The van der Waals surface area contributed by atoms with E-state index in [1.54, 1.807) is 12.5 Å². The lowest BCUT2D eigenvalue weighted by molar-refractivity contribution is -0.144. The molecule has 7 nitrogen and oxygen atoms in total. The largest absolute Gasteiger partial charge is 0.464 e. The fourth-order valence-electron chi connectivity index (χ4n) is 3.44. The topological polar surface area (TPSA) is 78.0 Å². The standard InChI is InChI=1S/C24H42N2O5S/c1-8-10-11-12-31-16-26(22(27)13-18(5)9-2)20(17(3)4)14-21(29-6)23-25-19(15-32-23)24(28)30-7/h15,17-18,20-21H,8-14,16H2,1-7H3/t18-,20?,21?/m0/s1. The molecule has 3 atom stereocenters. The number of hydrogen-bond acceptors (Lipinski definition) is 7. The summed E-state index contributed by atoms with van der Waals surface area (Å²) >= 11 is 1.37. The Morgan fingerprint density at radius 2 is 1.88 bits per heavy atom. The Bertz CT molecular complexity index is 679. The Balaban J connectivity index is 3.03. The summed E-state index contributed by atoms with van der Waals surface area (Å²) in [5.74, 6) is 0.164. The normalized spacial score (nSPS) is 14.2. The summed E-state index contributed by atoms with van der Waals surface area (Å²) in [6.07, 6.45) is 4.95. The quantitative estimate of drug-likeness (QED) is 0.181. The average molecular weight is 471 g/mol. The smallest absolute Gasteiger partial charge is 0.357 e. The molecule has 0 aliphatic rings. The molecule has 1 aromatic heterocycles. The number of unbranched alkanes of at least 4 members (excludes halogenated alkanes) is 2. The van der Waals surface area contributed by atoms with Gasteiger partial charge < -0.3 is 19.1 Å². The van der Waals surface area contributed by atoms with Crippen molar-refractivity contribution in [3.8, 4) is 0 Å². The molecule has 2 unspecified atom stereocenters. The second-order valence-corrected chi connectivity index (χ2v) is 9.55. The third-order valence-corrected chi connectivity index (χ3v) is 6.70. The molecule has 32 heavy (non-hydrogen) atoms. The van der Waals surface area contributed by atoms with Gasteiger partial charge in [0.05, 0.1) is 7.11 Å². The van der Waals surface area contributed by atoms with Gasteiger partial charge in [0.15, 0.2) is 5.69 Å². The minimum absolute atomic E-state index is 0.0758. The number of aromatic nitrogens is 1. The predicted molar refractivity (Wildman–Crippen MR) is 128 cm³/mol. The summed E-state index contributed by atoms with van der Waals surface area (Å²) in [5, 5.41) is 2.39. The fourth-order valence-corrected chi connectivity index (χ4v) is 4.32. The maximum absolute atomic E-state index is 13.2. The molecule has 0 radical (unpaired) electrons.